The average molecular weight is 392 g/mol. The number of nitrogens with zero attached hydrogens (tertiary/aromatic N) is 2. The summed E-state index contributed by atoms with van der Waals surface area (Å²) < 4.78 is 80.2. The first kappa shape index (κ1) is 20.5. The first-order valence-electron chi connectivity index (χ1n) is 7.67. The molecule has 0 atom stereocenters. The minimum atomic E-state index is -4.52. The van der Waals surface area contributed by atoms with Crippen molar-refractivity contribution in [3.8, 4) is 11.6 Å². The number of carbonyl (C=O) groups excluding carboxylic acids is 1. The van der Waals surface area contributed by atoms with E-state index >= 15 is 0 Å². The summed E-state index contributed by atoms with van der Waals surface area (Å²) in [5.74, 6) is -0.735. The normalized spacial score (nSPS) is 12.0. The lowest BCUT2D eigenvalue weighted by atomic mass is 10.2. The van der Waals surface area contributed by atoms with Crippen molar-refractivity contribution >= 4 is 5.91 Å². The molecule has 0 aliphatic rings. The van der Waals surface area contributed by atoms with Gasteiger partial charge in [-0.05, 0) is 37.3 Å². The highest BCUT2D eigenvalue weighted by Crippen LogP contribution is 2.30. The molecule has 0 N–H and O–H groups in total. The molecule has 0 bridgehead atoms. The molecular formula is C17H14F6N2O2. The highest BCUT2D eigenvalue weighted by molar-refractivity contribution is 5.94. The Morgan fingerprint density at radius 1 is 1.04 bits per heavy atom. The van der Waals surface area contributed by atoms with Crippen LogP contribution in [-0.2, 0) is 6.18 Å². The van der Waals surface area contributed by atoms with E-state index in [0.29, 0.717) is 11.1 Å². The maximum absolute atomic E-state index is 12.5. The minimum Gasteiger partial charge on any atom is -0.439 e. The van der Waals surface area contributed by atoms with E-state index in [2.05, 4.69) is 4.98 Å². The Bertz CT molecular complexity index is 770. The first-order valence-corrected chi connectivity index (χ1v) is 7.67. The minimum absolute atomic E-state index is 0.0221. The van der Waals surface area contributed by atoms with Crippen LogP contribution in [0.2, 0.25) is 0 Å². The largest absolute Gasteiger partial charge is 0.439 e. The van der Waals surface area contributed by atoms with Crippen LogP contribution in [0.1, 0.15) is 22.8 Å². The van der Waals surface area contributed by atoms with E-state index in [4.69, 9.17) is 4.74 Å². The van der Waals surface area contributed by atoms with Gasteiger partial charge in [0.1, 0.15) is 12.3 Å². The number of benzene rings is 1. The quantitative estimate of drug-likeness (QED) is 0.679. The van der Waals surface area contributed by atoms with Crippen LogP contribution < -0.4 is 4.74 Å². The summed E-state index contributed by atoms with van der Waals surface area (Å²) >= 11 is 0. The Morgan fingerprint density at radius 2 is 1.67 bits per heavy atom. The standard InChI is InChI=1S/C17H14F6N2O2/c1-2-25(10-16(18,19)20)15(26)11-3-6-13(7-4-11)27-14-8-5-12(9-24-14)17(21,22)23/h3-9H,2,10H2,1H3. The molecule has 0 unspecified atom stereocenters. The lowest BCUT2D eigenvalue weighted by Crippen LogP contribution is -2.38. The fraction of sp³-hybridized carbons (Fsp3) is 0.294. The predicted octanol–water partition coefficient (Wildman–Crippen LogP) is 4.92. The third-order valence-electron chi connectivity index (χ3n) is 3.43. The average Bonchev–Trinajstić information content (AvgIpc) is 2.58. The van der Waals surface area contributed by atoms with Gasteiger partial charge in [0, 0.05) is 24.4 Å². The van der Waals surface area contributed by atoms with Crippen LogP contribution in [0.25, 0.3) is 0 Å². The number of hydrogen-bond acceptors (Lipinski definition) is 3. The summed E-state index contributed by atoms with van der Waals surface area (Å²) in [5, 5.41) is 0. The highest BCUT2D eigenvalue weighted by Gasteiger charge is 2.33. The van der Waals surface area contributed by atoms with Gasteiger partial charge in [0.25, 0.3) is 5.91 Å². The molecule has 0 aliphatic carbocycles. The van der Waals surface area contributed by atoms with Crippen molar-refractivity contribution in [2.45, 2.75) is 19.3 Å². The molecule has 2 rings (SSSR count). The topological polar surface area (TPSA) is 42.4 Å². The van der Waals surface area contributed by atoms with Gasteiger partial charge in [0.2, 0.25) is 5.88 Å². The maximum atomic E-state index is 12.5. The summed E-state index contributed by atoms with van der Waals surface area (Å²) in [6.07, 6.45) is -8.42. The van der Waals surface area contributed by atoms with Crippen molar-refractivity contribution in [1.82, 2.24) is 9.88 Å². The summed E-state index contributed by atoms with van der Waals surface area (Å²) in [4.78, 5) is 16.3. The van der Waals surface area contributed by atoms with Crippen molar-refractivity contribution in [3.63, 3.8) is 0 Å². The third-order valence-corrected chi connectivity index (χ3v) is 3.43. The van der Waals surface area contributed by atoms with Gasteiger partial charge in [0.15, 0.2) is 0 Å². The van der Waals surface area contributed by atoms with Gasteiger partial charge in [-0.1, -0.05) is 0 Å². The van der Waals surface area contributed by atoms with E-state index < -0.39 is 30.4 Å². The van der Waals surface area contributed by atoms with Crippen LogP contribution in [0.3, 0.4) is 0 Å². The Balaban J connectivity index is 2.07. The van der Waals surface area contributed by atoms with Gasteiger partial charge < -0.3 is 9.64 Å². The van der Waals surface area contributed by atoms with Gasteiger partial charge >= 0.3 is 12.4 Å². The first-order chi connectivity index (χ1) is 12.5. The molecule has 0 spiro atoms. The number of rotatable bonds is 5. The van der Waals surface area contributed by atoms with Crippen molar-refractivity contribution in [1.29, 1.82) is 0 Å². The number of amides is 1. The van der Waals surface area contributed by atoms with Crippen LogP contribution in [0, 0.1) is 0 Å². The fourth-order valence-electron chi connectivity index (χ4n) is 2.12. The third kappa shape index (κ3) is 5.87. The molecule has 1 aromatic carbocycles. The Hall–Kier alpha value is -2.78. The number of pyridine rings is 1. The summed E-state index contributed by atoms with van der Waals surface area (Å²) in [5.41, 5.74) is -0.908. The van der Waals surface area contributed by atoms with Gasteiger partial charge in [-0.15, -0.1) is 0 Å². The van der Waals surface area contributed by atoms with E-state index in [-0.39, 0.29) is 23.7 Å². The Kier molecular flexibility index (Phi) is 5.97. The number of ether oxygens (including phenoxy) is 1. The molecule has 146 valence electrons. The van der Waals surface area contributed by atoms with E-state index in [1.807, 2.05) is 0 Å². The molecule has 0 radical (unpaired) electrons. The van der Waals surface area contributed by atoms with Gasteiger partial charge in [-0.3, -0.25) is 4.79 Å². The smallest absolute Gasteiger partial charge is 0.417 e. The molecule has 1 amide bonds. The van der Waals surface area contributed by atoms with Crippen LogP contribution >= 0.6 is 0 Å². The second-order valence-corrected chi connectivity index (χ2v) is 5.44. The molecule has 4 nitrogen and oxygen atoms in total. The second kappa shape index (κ2) is 7.85. The number of alkyl halides is 6. The molecule has 0 saturated heterocycles. The van der Waals surface area contributed by atoms with Crippen molar-refractivity contribution < 1.29 is 35.9 Å². The lowest BCUT2D eigenvalue weighted by molar-refractivity contribution is -0.140. The SMILES string of the molecule is CCN(CC(F)(F)F)C(=O)c1ccc(Oc2ccc(C(F)(F)F)cn2)cc1. The summed E-state index contributed by atoms with van der Waals surface area (Å²) in [6.45, 7) is -0.0560. The van der Waals surface area contributed by atoms with E-state index in [1.165, 1.54) is 31.2 Å². The lowest BCUT2D eigenvalue weighted by Gasteiger charge is -2.22. The van der Waals surface area contributed by atoms with Crippen molar-refractivity contribution in [2.75, 3.05) is 13.1 Å². The predicted molar refractivity (Wildman–Crippen MR) is 83.4 cm³/mol. The number of hydrogen-bond donors (Lipinski definition) is 0. The molecule has 1 heterocycles. The zero-order valence-electron chi connectivity index (χ0n) is 13.9. The highest BCUT2D eigenvalue weighted by atomic mass is 19.4. The molecule has 0 fully saturated rings. The molecule has 0 aliphatic heterocycles. The van der Waals surface area contributed by atoms with Gasteiger partial charge in [-0.25, -0.2) is 4.98 Å². The fourth-order valence-corrected chi connectivity index (χ4v) is 2.12. The van der Waals surface area contributed by atoms with Crippen LogP contribution in [0.5, 0.6) is 11.6 Å². The monoisotopic (exact) mass is 392 g/mol. The van der Waals surface area contributed by atoms with Crippen molar-refractivity contribution in [2.24, 2.45) is 0 Å². The summed E-state index contributed by atoms with van der Waals surface area (Å²) in [7, 11) is 0. The molecule has 2 aromatic rings. The Labute approximate surface area is 150 Å². The molecule has 0 saturated carbocycles. The van der Waals surface area contributed by atoms with Crippen LogP contribution in [0.4, 0.5) is 26.3 Å². The second-order valence-electron chi connectivity index (χ2n) is 5.44. The number of halogens is 6. The zero-order valence-corrected chi connectivity index (χ0v) is 13.9. The maximum Gasteiger partial charge on any atom is 0.417 e. The van der Waals surface area contributed by atoms with Crippen molar-refractivity contribution in [3.05, 3.63) is 53.7 Å². The number of aromatic nitrogens is 1. The van der Waals surface area contributed by atoms with Gasteiger partial charge in [0.05, 0.1) is 5.56 Å². The zero-order chi connectivity index (χ0) is 20.2. The number of carbonyl (C=O) groups is 1. The van der Waals surface area contributed by atoms with Crippen LogP contribution in [0.15, 0.2) is 42.6 Å². The molecular weight excluding hydrogens is 378 g/mol. The van der Waals surface area contributed by atoms with E-state index in [1.54, 1.807) is 0 Å². The van der Waals surface area contributed by atoms with E-state index in [9.17, 15) is 31.1 Å². The van der Waals surface area contributed by atoms with E-state index in [0.717, 1.165) is 12.1 Å². The van der Waals surface area contributed by atoms with Gasteiger partial charge in [-0.2, -0.15) is 26.3 Å². The molecule has 1 aromatic heterocycles. The Morgan fingerprint density at radius 3 is 2.11 bits per heavy atom. The van der Waals surface area contributed by atoms with Crippen LogP contribution in [-0.4, -0.2) is 35.1 Å². The molecule has 27 heavy (non-hydrogen) atoms. The molecule has 10 heteroatoms. The summed E-state index contributed by atoms with van der Waals surface area (Å²) in [6, 6.07) is 6.99.